The molecule has 0 heterocycles. The maximum Gasteiger partial charge on any atom is -0.00971 e. The van der Waals surface area contributed by atoms with Gasteiger partial charge in [0.25, 0.3) is 0 Å². The van der Waals surface area contributed by atoms with Gasteiger partial charge in [-0.15, -0.1) is 6.58 Å². The van der Waals surface area contributed by atoms with Gasteiger partial charge in [-0.2, -0.15) is 0 Å². The molecule has 0 radical (unpaired) electrons. The van der Waals surface area contributed by atoms with E-state index in [9.17, 15) is 0 Å². The Morgan fingerprint density at radius 2 is 1.67 bits per heavy atom. The first-order valence-corrected chi connectivity index (χ1v) is 8.18. The van der Waals surface area contributed by atoms with Crippen molar-refractivity contribution in [2.75, 3.05) is 0 Å². The van der Waals surface area contributed by atoms with Crippen LogP contribution in [0.5, 0.6) is 0 Å². The lowest BCUT2D eigenvalue weighted by molar-refractivity contribution is 0.442. The Bertz CT molecular complexity index is 589. The highest BCUT2D eigenvalue weighted by Crippen LogP contribution is 2.40. The predicted octanol–water partition coefficient (Wildman–Crippen LogP) is 6.13. The minimum atomic E-state index is 0.727. The fraction of sp³-hybridized carbons (Fsp3) is 0.333. The van der Waals surface area contributed by atoms with Crippen LogP contribution in [0, 0.1) is 0 Å². The van der Waals surface area contributed by atoms with E-state index in [0.29, 0.717) is 0 Å². The van der Waals surface area contributed by atoms with Gasteiger partial charge in [0.1, 0.15) is 0 Å². The molecule has 0 unspecified atom stereocenters. The summed E-state index contributed by atoms with van der Waals surface area (Å²) < 4.78 is 0. The predicted molar refractivity (Wildman–Crippen MR) is 91.6 cm³/mol. The van der Waals surface area contributed by atoms with Gasteiger partial charge in [0.2, 0.25) is 0 Å². The molecule has 108 valence electrons. The van der Waals surface area contributed by atoms with Crippen LogP contribution in [0.25, 0.3) is 11.1 Å². The van der Waals surface area contributed by atoms with E-state index in [2.05, 4.69) is 55.1 Å². The van der Waals surface area contributed by atoms with Gasteiger partial charge in [-0.05, 0) is 47.4 Å². The summed E-state index contributed by atoms with van der Waals surface area (Å²) in [5.74, 6) is 0.727. The minimum Gasteiger partial charge on any atom is -0.103 e. The Labute approximate surface area is 128 Å². The highest BCUT2D eigenvalue weighted by Gasteiger charge is 2.21. The highest BCUT2D eigenvalue weighted by molar-refractivity contribution is 5.69. The van der Waals surface area contributed by atoms with Crippen LogP contribution in [0.3, 0.4) is 0 Å². The van der Waals surface area contributed by atoms with Crippen LogP contribution in [0.2, 0.25) is 0 Å². The van der Waals surface area contributed by atoms with Crippen LogP contribution in [-0.2, 0) is 6.42 Å². The summed E-state index contributed by atoms with van der Waals surface area (Å²) in [6.45, 7) is 3.94. The van der Waals surface area contributed by atoms with Crippen LogP contribution in [-0.4, -0.2) is 0 Å². The summed E-state index contributed by atoms with van der Waals surface area (Å²) in [6, 6.07) is 17.6. The van der Waals surface area contributed by atoms with Crippen molar-refractivity contribution < 1.29 is 0 Å². The molecule has 0 spiro atoms. The van der Waals surface area contributed by atoms with E-state index in [1.807, 2.05) is 6.08 Å². The first-order valence-electron chi connectivity index (χ1n) is 8.18. The molecule has 1 saturated carbocycles. The molecule has 2 aromatic rings. The van der Waals surface area contributed by atoms with E-state index in [0.717, 1.165) is 12.3 Å². The zero-order valence-corrected chi connectivity index (χ0v) is 12.7. The fourth-order valence-corrected chi connectivity index (χ4v) is 3.69. The van der Waals surface area contributed by atoms with Crippen LogP contribution in [0.1, 0.15) is 49.1 Å². The van der Waals surface area contributed by atoms with Gasteiger partial charge in [-0.1, -0.05) is 73.9 Å². The molecule has 0 N–H and O–H groups in total. The van der Waals surface area contributed by atoms with E-state index in [1.165, 1.54) is 48.8 Å². The molecule has 0 bridgehead atoms. The van der Waals surface area contributed by atoms with Crippen LogP contribution < -0.4 is 0 Å². The SMILES string of the molecule is C=CCc1cccc(-c2ccccc2)c1C1CCCCC1. The van der Waals surface area contributed by atoms with E-state index in [4.69, 9.17) is 0 Å². The molecule has 1 fully saturated rings. The van der Waals surface area contributed by atoms with Gasteiger partial charge in [0.05, 0.1) is 0 Å². The average Bonchev–Trinajstić information content (AvgIpc) is 2.56. The normalized spacial score (nSPS) is 15.8. The number of hydrogen-bond donors (Lipinski definition) is 0. The quantitative estimate of drug-likeness (QED) is 0.589. The van der Waals surface area contributed by atoms with Crippen molar-refractivity contribution in [3.05, 3.63) is 72.3 Å². The molecular formula is C21H24. The van der Waals surface area contributed by atoms with Crippen molar-refractivity contribution in [3.63, 3.8) is 0 Å². The largest absolute Gasteiger partial charge is 0.103 e. The summed E-state index contributed by atoms with van der Waals surface area (Å²) in [5.41, 5.74) is 5.84. The average molecular weight is 276 g/mol. The summed E-state index contributed by atoms with van der Waals surface area (Å²) in [6.07, 6.45) is 9.86. The maximum absolute atomic E-state index is 3.94. The van der Waals surface area contributed by atoms with E-state index in [1.54, 1.807) is 5.56 Å². The third-order valence-electron chi connectivity index (χ3n) is 4.66. The zero-order chi connectivity index (χ0) is 14.5. The van der Waals surface area contributed by atoms with Gasteiger partial charge >= 0.3 is 0 Å². The van der Waals surface area contributed by atoms with Crippen molar-refractivity contribution in [1.29, 1.82) is 0 Å². The summed E-state index contributed by atoms with van der Waals surface area (Å²) in [5, 5.41) is 0. The van der Waals surface area contributed by atoms with Crippen LogP contribution in [0.15, 0.2) is 61.2 Å². The third-order valence-corrected chi connectivity index (χ3v) is 4.66. The molecule has 0 aromatic heterocycles. The van der Waals surface area contributed by atoms with E-state index >= 15 is 0 Å². The van der Waals surface area contributed by atoms with E-state index in [-0.39, 0.29) is 0 Å². The van der Waals surface area contributed by atoms with Crippen LogP contribution >= 0.6 is 0 Å². The number of allylic oxidation sites excluding steroid dienone is 1. The Balaban J connectivity index is 2.10. The molecule has 1 aliphatic carbocycles. The standard InChI is InChI=1S/C21H24/c1-2-10-18-15-9-16-20(17-11-5-3-6-12-17)21(18)19-13-7-4-8-14-19/h2-3,5-6,9,11-12,15-16,19H,1,4,7-8,10,13-14H2. The lowest BCUT2D eigenvalue weighted by Crippen LogP contribution is -2.09. The molecular weight excluding hydrogens is 252 g/mol. The number of rotatable bonds is 4. The summed E-state index contributed by atoms with van der Waals surface area (Å²) >= 11 is 0. The monoisotopic (exact) mass is 276 g/mol. The number of benzene rings is 2. The smallest absolute Gasteiger partial charge is 0.00971 e. The van der Waals surface area contributed by atoms with Gasteiger partial charge in [0.15, 0.2) is 0 Å². The molecule has 3 rings (SSSR count). The Hall–Kier alpha value is -1.82. The molecule has 0 amide bonds. The van der Waals surface area contributed by atoms with E-state index < -0.39 is 0 Å². The summed E-state index contributed by atoms with van der Waals surface area (Å²) in [7, 11) is 0. The molecule has 0 saturated heterocycles. The maximum atomic E-state index is 3.94. The van der Waals surface area contributed by atoms with Gasteiger partial charge in [-0.3, -0.25) is 0 Å². The van der Waals surface area contributed by atoms with Gasteiger partial charge in [0, 0.05) is 0 Å². The molecule has 0 aliphatic heterocycles. The third kappa shape index (κ3) is 3.10. The highest BCUT2D eigenvalue weighted by atomic mass is 14.3. The molecule has 1 aliphatic rings. The summed E-state index contributed by atoms with van der Waals surface area (Å²) in [4.78, 5) is 0. The van der Waals surface area contributed by atoms with Crippen molar-refractivity contribution in [2.24, 2.45) is 0 Å². The van der Waals surface area contributed by atoms with Crippen molar-refractivity contribution >= 4 is 0 Å². The second-order valence-corrected chi connectivity index (χ2v) is 6.07. The van der Waals surface area contributed by atoms with Gasteiger partial charge < -0.3 is 0 Å². The molecule has 0 heteroatoms. The molecule has 2 aromatic carbocycles. The van der Waals surface area contributed by atoms with Crippen molar-refractivity contribution in [2.45, 2.75) is 44.4 Å². The number of hydrogen-bond acceptors (Lipinski definition) is 0. The fourth-order valence-electron chi connectivity index (χ4n) is 3.69. The topological polar surface area (TPSA) is 0 Å². The second-order valence-electron chi connectivity index (χ2n) is 6.07. The second kappa shape index (κ2) is 6.76. The van der Waals surface area contributed by atoms with Crippen LogP contribution in [0.4, 0.5) is 0 Å². The van der Waals surface area contributed by atoms with Crippen molar-refractivity contribution in [3.8, 4) is 11.1 Å². The molecule has 0 atom stereocenters. The van der Waals surface area contributed by atoms with Gasteiger partial charge in [-0.25, -0.2) is 0 Å². The zero-order valence-electron chi connectivity index (χ0n) is 12.7. The Morgan fingerprint density at radius 1 is 0.905 bits per heavy atom. The molecule has 21 heavy (non-hydrogen) atoms. The lowest BCUT2D eigenvalue weighted by Gasteiger charge is -2.27. The molecule has 0 nitrogen and oxygen atoms in total. The minimum absolute atomic E-state index is 0.727. The first kappa shape index (κ1) is 14.1. The first-order chi connectivity index (χ1) is 10.4. The lowest BCUT2D eigenvalue weighted by atomic mass is 9.78. The Kier molecular flexibility index (Phi) is 4.55. The van der Waals surface area contributed by atoms with Crippen molar-refractivity contribution in [1.82, 2.24) is 0 Å². The Morgan fingerprint density at radius 3 is 2.38 bits per heavy atom.